The fraction of sp³-hybridized carbons (Fsp3) is 0.294. The lowest BCUT2D eigenvalue weighted by Gasteiger charge is -2.11. The number of benzene rings is 1. The minimum Gasteiger partial charge on any atom is -0.361 e. The molecular formula is C17H20N4OS. The van der Waals surface area contributed by atoms with Crippen LogP contribution in [0.4, 0.5) is 0 Å². The average Bonchev–Trinajstić information content (AvgIpc) is 3.08. The average molecular weight is 328 g/mol. The summed E-state index contributed by atoms with van der Waals surface area (Å²) in [6, 6.07) is 7.45. The third kappa shape index (κ3) is 3.43. The minimum absolute atomic E-state index is 0.138. The lowest BCUT2D eigenvalue weighted by atomic mass is 10.1. The zero-order chi connectivity index (χ0) is 16.4. The Morgan fingerprint density at radius 3 is 2.91 bits per heavy atom. The highest BCUT2D eigenvalue weighted by Crippen LogP contribution is 2.19. The van der Waals surface area contributed by atoms with E-state index in [1.807, 2.05) is 44.3 Å². The van der Waals surface area contributed by atoms with Crippen molar-refractivity contribution in [2.24, 2.45) is 5.73 Å². The molecule has 2 heterocycles. The topological polar surface area (TPSA) is 83.8 Å². The van der Waals surface area contributed by atoms with Crippen molar-refractivity contribution in [1.29, 1.82) is 0 Å². The molecule has 0 aliphatic carbocycles. The van der Waals surface area contributed by atoms with Gasteiger partial charge in [0.2, 0.25) is 5.91 Å². The molecule has 2 aromatic heterocycles. The molecule has 0 aliphatic heterocycles. The van der Waals surface area contributed by atoms with Gasteiger partial charge in [-0.25, -0.2) is 4.98 Å². The molecule has 1 aromatic carbocycles. The molecule has 0 saturated heterocycles. The number of carbonyl (C=O) groups excluding carboxylic acids is 1. The summed E-state index contributed by atoms with van der Waals surface area (Å²) in [5.74, 6) is -0.138. The lowest BCUT2D eigenvalue weighted by Crippen LogP contribution is -2.41. The highest BCUT2D eigenvalue weighted by Gasteiger charge is 2.16. The van der Waals surface area contributed by atoms with Crippen LogP contribution < -0.4 is 11.1 Å². The number of aromatic nitrogens is 2. The van der Waals surface area contributed by atoms with Gasteiger partial charge in [0.15, 0.2) is 0 Å². The van der Waals surface area contributed by atoms with Crippen LogP contribution in [0, 0.1) is 13.8 Å². The van der Waals surface area contributed by atoms with Crippen molar-refractivity contribution >= 4 is 28.1 Å². The van der Waals surface area contributed by atoms with E-state index in [2.05, 4.69) is 15.3 Å². The Morgan fingerprint density at radius 2 is 2.17 bits per heavy atom. The maximum atomic E-state index is 12.2. The molecule has 0 spiro atoms. The number of thiazole rings is 1. The maximum absolute atomic E-state index is 12.2. The first-order valence-electron chi connectivity index (χ1n) is 7.56. The van der Waals surface area contributed by atoms with Crippen molar-refractivity contribution in [3.05, 3.63) is 51.6 Å². The summed E-state index contributed by atoms with van der Waals surface area (Å²) in [7, 11) is 0. The number of hydrogen-bond donors (Lipinski definition) is 3. The predicted molar refractivity (Wildman–Crippen MR) is 93.4 cm³/mol. The Morgan fingerprint density at radius 1 is 1.39 bits per heavy atom. The lowest BCUT2D eigenvalue weighted by molar-refractivity contribution is -0.122. The van der Waals surface area contributed by atoms with Crippen LogP contribution in [0.25, 0.3) is 10.9 Å². The first kappa shape index (κ1) is 15.7. The van der Waals surface area contributed by atoms with Crippen LogP contribution in [0.3, 0.4) is 0 Å². The quantitative estimate of drug-likeness (QED) is 0.672. The fourth-order valence-electron chi connectivity index (χ4n) is 2.67. The molecule has 3 aromatic rings. The minimum atomic E-state index is -0.566. The third-order valence-electron chi connectivity index (χ3n) is 3.87. The molecule has 4 N–H and O–H groups in total. The number of H-pyrrole nitrogens is 1. The van der Waals surface area contributed by atoms with Crippen molar-refractivity contribution in [1.82, 2.24) is 15.3 Å². The van der Waals surface area contributed by atoms with E-state index in [4.69, 9.17) is 5.73 Å². The van der Waals surface area contributed by atoms with E-state index in [0.29, 0.717) is 13.0 Å². The van der Waals surface area contributed by atoms with Gasteiger partial charge in [0, 0.05) is 22.0 Å². The van der Waals surface area contributed by atoms with Crippen LogP contribution in [-0.2, 0) is 17.8 Å². The van der Waals surface area contributed by atoms with Gasteiger partial charge < -0.3 is 16.0 Å². The summed E-state index contributed by atoms with van der Waals surface area (Å²) in [6.45, 7) is 4.40. The van der Waals surface area contributed by atoms with Crippen molar-refractivity contribution in [2.75, 3.05) is 0 Å². The molecule has 0 fully saturated rings. The van der Waals surface area contributed by atoms with Crippen molar-refractivity contribution < 1.29 is 4.79 Å². The zero-order valence-corrected chi connectivity index (χ0v) is 14.0. The third-order valence-corrected chi connectivity index (χ3v) is 4.95. The number of aryl methyl sites for hydroxylation is 2. The van der Waals surface area contributed by atoms with Gasteiger partial charge in [0.05, 0.1) is 23.3 Å². The standard InChI is InChI=1S/C17H20N4OS/c1-10-16(23-11(2)21-10)9-20-17(22)14(18)7-12-8-19-15-6-4-3-5-13(12)15/h3-6,8,14,19H,7,9,18H2,1-2H3,(H,20,22)/t14-/m0/s1. The summed E-state index contributed by atoms with van der Waals surface area (Å²) < 4.78 is 0. The number of para-hydroxylation sites is 1. The zero-order valence-electron chi connectivity index (χ0n) is 13.2. The second kappa shape index (κ2) is 6.52. The first-order valence-corrected chi connectivity index (χ1v) is 8.37. The normalized spacial score (nSPS) is 12.5. The number of fused-ring (bicyclic) bond motifs is 1. The Labute approximate surface area is 138 Å². The monoisotopic (exact) mass is 328 g/mol. The number of nitrogens with zero attached hydrogens (tertiary/aromatic N) is 1. The molecule has 0 aliphatic rings. The number of rotatable bonds is 5. The van der Waals surface area contributed by atoms with Gasteiger partial charge in [0.1, 0.15) is 0 Å². The van der Waals surface area contributed by atoms with E-state index in [-0.39, 0.29) is 5.91 Å². The Kier molecular flexibility index (Phi) is 4.45. The molecule has 120 valence electrons. The molecule has 0 saturated carbocycles. The number of nitrogens with one attached hydrogen (secondary N) is 2. The van der Waals surface area contributed by atoms with E-state index < -0.39 is 6.04 Å². The number of nitrogens with two attached hydrogens (primary N) is 1. The van der Waals surface area contributed by atoms with Crippen molar-refractivity contribution in [3.8, 4) is 0 Å². The highest BCUT2D eigenvalue weighted by atomic mass is 32.1. The molecule has 6 heteroatoms. The van der Waals surface area contributed by atoms with Crippen molar-refractivity contribution in [2.45, 2.75) is 32.9 Å². The van der Waals surface area contributed by atoms with Gasteiger partial charge in [-0.05, 0) is 31.9 Å². The van der Waals surface area contributed by atoms with E-state index in [1.165, 1.54) is 0 Å². The number of amides is 1. The molecular weight excluding hydrogens is 308 g/mol. The molecule has 23 heavy (non-hydrogen) atoms. The predicted octanol–water partition coefficient (Wildman–Crippen LogP) is 2.43. The second-order valence-electron chi connectivity index (χ2n) is 5.63. The largest absolute Gasteiger partial charge is 0.361 e. The Balaban J connectivity index is 1.62. The van der Waals surface area contributed by atoms with E-state index in [1.54, 1.807) is 11.3 Å². The molecule has 0 radical (unpaired) electrons. The van der Waals surface area contributed by atoms with Gasteiger partial charge in [-0.2, -0.15) is 0 Å². The molecule has 0 unspecified atom stereocenters. The van der Waals surface area contributed by atoms with Crippen LogP contribution in [0.5, 0.6) is 0 Å². The smallest absolute Gasteiger partial charge is 0.237 e. The second-order valence-corrected chi connectivity index (χ2v) is 6.92. The summed E-state index contributed by atoms with van der Waals surface area (Å²) >= 11 is 1.60. The first-order chi connectivity index (χ1) is 11.0. The Bertz CT molecular complexity index is 836. The summed E-state index contributed by atoms with van der Waals surface area (Å²) in [5, 5.41) is 5.03. The van der Waals surface area contributed by atoms with Crippen LogP contribution in [-0.4, -0.2) is 21.9 Å². The summed E-state index contributed by atoms with van der Waals surface area (Å²) in [5.41, 5.74) is 9.16. The van der Waals surface area contributed by atoms with E-state index in [0.717, 1.165) is 32.0 Å². The van der Waals surface area contributed by atoms with Crippen LogP contribution in [0.1, 0.15) is 21.1 Å². The molecule has 0 bridgehead atoms. The van der Waals surface area contributed by atoms with Gasteiger partial charge in [-0.1, -0.05) is 18.2 Å². The van der Waals surface area contributed by atoms with Gasteiger partial charge in [-0.3, -0.25) is 4.79 Å². The van der Waals surface area contributed by atoms with Crippen molar-refractivity contribution in [3.63, 3.8) is 0 Å². The SMILES string of the molecule is Cc1nc(C)c(CNC(=O)[C@@H](N)Cc2c[nH]c3ccccc23)s1. The molecule has 1 amide bonds. The summed E-state index contributed by atoms with van der Waals surface area (Å²) in [6.07, 6.45) is 2.44. The number of aromatic amines is 1. The maximum Gasteiger partial charge on any atom is 0.237 e. The molecule has 3 rings (SSSR count). The number of carbonyl (C=O) groups is 1. The molecule has 5 nitrogen and oxygen atoms in total. The van der Waals surface area contributed by atoms with Crippen LogP contribution >= 0.6 is 11.3 Å². The van der Waals surface area contributed by atoms with Gasteiger partial charge >= 0.3 is 0 Å². The van der Waals surface area contributed by atoms with Crippen LogP contribution in [0.2, 0.25) is 0 Å². The van der Waals surface area contributed by atoms with E-state index in [9.17, 15) is 4.79 Å². The highest BCUT2D eigenvalue weighted by molar-refractivity contribution is 7.11. The summed E-state index contributed by atoms with van der Waals surface area (Å²) in [4.78, 5) is 20.9. The molecule has 1 atom stereocenters. The fourth-order valence-corrected chi connectivity index (χ4v) is 3.54. The van der Waals surface area contributed by atoms with Gasteiger partial charge in [0.25, 0.3) is 0 Å². The van der Waals surface area contributed by atoms with Crippen LogP contribution in [0.15, 0.2) is 30.5 Å². The van der Waals surface area contributed by atoms with E-state index >= 15 is 0 Å². The van der Waals surface area contributed by atoms with Gasteiger partial charge in [-0.15, -0.1) is 11.3 Å². The Hall–Kier alpha value is -2.18. The number of hydrogen-bond acceptors (Lipinski definition) is 4.